The number of carbonyl (C=O) groups excluding carboxylic acids is 1. The van der Waals surface area contributed by atoms with Crippen molar-refractivity contribution in [3.05, 3.63) is 29.8 Å². The topological polar surface area (TPSA) is 76.2 Å². The highest BCUT2D eigenvalue weighted by Crippen LogP contribution is 2.35. The van der Waals surface area contributed by atoms with Gasteiger partial charge in [0.1, 0.15) is 11.4 Å². The Balaban J connectivity index is 1.36. The second-order valence-electron chi connectivity index (χ2n) is 9.19. The molecule has 3 fully saturated rings. The van der Waals surface area contributed by atoms with E-state index in [-0.39, 0.29) is 36.8 Å². The molecule has 2 aliphatic heterocycles. The number of ether oxygens (including phenoxy) is 2. The molecule has 178 valence electrons. The summed E-state index contributed by atoms with van der Waals surface area (Å²) < 4.78 is 61.8. The Hall–Kier alpha value is -1.78. The van der Waals surface area contributed by atoms with Gasteiger partial charge in [0.15, 0.2) is 9.84 Å². The molecule has 32 heavy (non-hydrogen) atoms. The molecule has 1 aromatic rings. The summed E-state index contributed by atoms with van der Waals surface area (Å²) in [6, 6.07) is 6.22. The molecule has 1 aliphatic carbocycles. The van der Waals surface area contributed by atoms with E-state index in [9.17, 15) is 22.0 Å². The smallest absolute Gasteiger partial charge is 0.387 e. The predicted octanol–water partition coefficient (Wildman–Crippen LogP) is 2.56. The molecule has 0 radical (unpaired) electrons. The van der Waals surface area contributed by atoms with Crippen LogP contribution < -0.4 is 4.74 Å². The molecular weight excluding hydrogens is 442 g/mol. The van der Waals surface area contributed by atoms with E-state index in [1.807, 2.05) is 7.05 Å². The van der Waals surface area contributed by atoms with E-state index in [2.05, 4.69) is 9.64 Å². The minimum absolute atomic E-state index is 0.0216. The van der Waals surface area contributed by atoms with Gasteiger partial charge in [-0.2, -0.15) is 8.78 Å². The third-order valence-corrected chi connectivity index (χ3v) is 9.05. The van der Waals surface area contributed by atoms with Crippen LogP contribution in [0.2, 0.25) is 0 Å². The molecule has 7 nitrogen and oxygen atoms in total. The molecule has 0 N–H and O–H groups in total. The molecule has 1 aromatic carbocycles. The van der Waals surface area contributed by atoms with E-state index in [1.165, 1.54) is 42.4 Å². The number of para-hydroxylation sites is 1. The third-order valence-electron chi connectivity index (χ3n) is 6.82. The molecule has 10 heteroatoms. The molecule has 2 heterocycles. The monoisotopic (exact) mass is 472 g/mol. The quantitative estimate of drug-likeness (QED) is 0.634. The maximum atomic E-state index is 13.0. The number of amides is 1. The number of carbonyl (C=O) groups is 1. The fraction of sp³-hybridized carbons (Fsp3) is 0.682. The van der Waals surface area contributed by atoms with Crippen LogP contribution >= 0.6 is 0 Å². The highest BCUT2D eigenvalue weighted by atomic mass is 32.2. The van der Waals surface area contributed by atoms with Crippen LogP contribution in [-0.4, -0.2) is 86.7 Å². The van der Waals surface area contributed by atoms with Gasteiger partial charge in [-0.25, -0.2) is 8.42 Å². The van der Waals surface area contributed by atoms with Gasteiger partial charge in [0, 0.05) is 12.6 Å². The number of halogens is 2. The van der Waals surface area contributed by atoms with Crippen molar-refractivity contribution in [1.82, 2.24) is 9.80 Å². The lowest BCUT2D eigenvalue weighted by Crippen LogP contribution is -2.71. The summed E-state index contributed by atoms with van der Waals surface area (Å²) >= 11 is 0. The first-order valence-corrected chi connectivity index (χ1v) is 12.8. The van der Waals surface area contributed by atoms with Crippen LogP contribution in [0.5, 0.6) is 5.75 Å². The van der Waals surface area contributed by atoms with E-state index in [4.69, 9.17) is 4.74 Å². The minimum atomic E-state index is -3.39. The van der Waals surface area contributed by atoms with Crippen LogP contribution in [0.1, 0.15) is 42.5 Å². The Morgan fingerprint density at radius 3 is 2.59 bits per heavy atom. The molecule has 0 bridgehead atoms. The molecule has 3 aliphatic rings. The van der Waals surface area contributed by atoms with Crippen molar-refractivity contribution in [2.45, 2.75) is 55.6 Å². The highest BCUT2D eigenvalue weighted by molar-refractivity contribution is 7.92. The van der Waals surface area contributed by atoms with Crippen LogP contribution in [0.15, 0.2) is 24.3 Å². The van der Waals surface area contributed by atoms with Crippen LogP contribution in [0.4, 0.5) is 8.78 Å². The summed E-state index contributed by atoms with van der Waals surface area (Å²) in [6.07, 6.45) is 5.80. The maximum Gasteiger partial charge on any atom is 0.387 e. The lowest BCUT2D eigenvalue weighted by Gasteiger charge is -2.52. The fourth-order valence-corrected chi connectivity index (χ4v) is 7.02. The van der Waals surface area contributed by atoms with Crippen molar-refractivity contribution in [3.8, 4) is 5.75 Å². The SMILES string of the molecule is CN(C[C@H]1COC2(CN(C(=O)c3ccccc3OC(F)F)C2)CS1(=O)=O)C1CCCCC1. The molecule has 1 atom stereocenters. The number of nitrogens with zero attached hydrogens (tertiary/aromatic N) is 2. The van der Waals surface area contributed by atoms with E-state index in [0.717, 1.165) is 12.8 Å². The minimum Gasteiger partial charge on any atom is -0.434 e. The van der Waals surface area contributed by atoms with Crippen LogP contribution in [0.25, 0.3) is 0 Å². The number of hydrogen-bond donors (Lipinski definition) is 0. The van der Waals surface area contributed by atoms with Gasteiger partial charge >= 0.3 is 6.61 Å². The van der Waals surface area contributed by atoms with Gasteiger partial charge in [-0.3, -0.25) is 4.79 Å². The lowest BCUT2D eigenvalue weighted by atomic mass is 9.94. The standard InChI is InChI=1S/C22H30F2N2O5S/c1-25(16-7-3-2-4-8-16)11-17-12-30-22(15-32(17,28)29)13-26(14-22)20(27)18-9-5-6-10-19(18)31-21(23)24/h5-6,9-10,16-17,21H,2-4,7-8,11-15H2,1H3/t17-/m0/s1. The Kier molecular flexibility index (Phi) is 6.74. The summed E-state index contributed by atoms with van der Waals surface area (Å²) in [5.41, 5.74) is -0.902. The molecule has 0 unspecified atom stereocenters. The Morgan fingerprint density at radius 1 is 1.25 bits per heavy atom. The zero-order valence-electron chi connectivity index (χ0n) is 18.2. The van der Waals surface area contributed by atoms with Crippen molar-refractivity contribution in [1.29, 1.82) is 0 Å². The zero-order chi connectivity index (χ0) is 22.9. The van der Waals surface area contributed by atoms with E-state index in [0.29, 0.717) is 12.6 Å². The Labute approximate surface area is 187 Å². The second kappa shape index (κ2) is 9.23. The summed E-state index contributed by atoms with van der Waals surface area (Å²) in [6.45, 7) is -2.27. The largest absolute Gasteiger partial charge is 0.434 e. The molecule has 1 spiro atoms. The summed E-state index contributed by atoms with van der Waals surface area (Å²) in [5, 5.41) is -0.579. The third kappa shape index (κ3) is 4.92. The van der Waals surface area contributed by atoms with E-state index in [1.54, 1.807) is 6.07 Å². The van der Waals surface area contributed by atoms with Gasteiger partial charge in [-0.05, 0) is 32.0 Å². The van der Waals surface area contributed by atoms with Crippen LogP contribution in [0.3, 0.4) is 0 Å². The van der Waals surface area contributed by atoms with Crippen molar-refractivity contribution in [2.24, 2.45) is 0 Å². The lowest BCUT2D eigenvalue weighted by molar-refractivity contribution is -0.121. The van der Waals surface area contributed by atoms with Crippen molar-refractivity contribution >= 4 is 15.7 Å². The summed E-state index contributed by atoms with van der Waals surface area (Å²) in [5.74, 6) is -0.814. The molecule has 4 rings (SSSR count). The molecule has 2 saturated heterocycles. The number of hydrogen-bond acceptors (Lipinski definition) is 6. The summed E-state index contributed by atoms with van der Waals surface area (Å²) in [4.78, 5) is 16.4. The highest BCUT2D eigenvalue weighted by Gasteiger charge is 2.54. The van der Waals surface area contributed by atoms with Gasteiger partial charge in [0.25, 0.3) is 5.91 Å². The van der Waals surface area contributed by atoms with Crippen molar-refractivity contribution in [2.75, 3.05) is 39.0 Å². The maximum absolute atomic E-state index is 13.0. The average molecular weight is 473 g/mol. The van der Waals surface area contributed by atoms with Crippen molar-refractivity contribution in [3.63, 3.8) is 0 Å². The normalized spacial score (nSPS) is 25.2. The first-order valence-electron chi connectivity index (χ1n) is 11.1. The average Bonchev–Trinajstić information content (AvgIpc) is 2.73. The number of alkyl halides is 2. The first-order chi connectivity index (χ1) is 15.2. The molecular formula is C22H30F2N2O5S. The number of sulfone groups is 1. The summed E-state index contributed by atoms with van der Waals surface area (Å²) in [7, 11) is -1.41. The zero-order valence-corrected chi connectivity index (χ0v) is 19.0. The predicted molar refractivity (Wildman–Crippen MR) is 115 cm³/mol. The number of likely N-dealkylation sites (tertiary alicyclic amines) is 1. The van der Waals surface area contributed by atoms with Gasteiger partial charge in [-0.15, -0.1) is 0 Å². The van der Waals surface area contributed by atoms with E-state index < -0.39 is 33.2 Å². The molecule has 1 saturated carbocycles. The first kappa shape index (κ1) is 23.4. The van der Waals surface area contributed by atoms with Gasteiger partial charge in [0.2, 0.25) is 0 Å². The Bertz CT molecular complexity index is 930. The van der Waals surface area contributed by atoms with Gasteiger partial charge in [0.05, 0.1) is 36.3 Å². The Morgan fingerprint density at radius 2 is 1.94 bits per heavy atom. The molecule has 0 aromatic heterocycles. The number of rotatable bonds is 6. The fourth-order valence-electron chi connectivity index (χ4n) is 5.05. The molecule has 1 amide bonds. The van der Waals surface area contributed by atoms with E-state index >= 15 is 0 Å². The van der Waals surface area contributed by atoms with Gasteiger partial charge < -0.3 is 19.3 Å². The van der Waals surface area contributed by atoms with Gasteiger partial charge in [-0.1, -0.05) is 31.4 Å². The second-order valence-corrected chi connectivity index (χ2v) is 11.5. The number of benzene rings is 1. The van der Waals surface area contributed by atoms with Crippen LogP contribution in [-0.2, 0) is 14.6 Å². The van der Waals surface area contributed by atoms with Crippen LogP contribution in [0, 0.1) is 0 Å². The van der Waals surface area contributed by atoms with Crippen molar-refractivity contribution < 1.29 is 31.5 Å².